The molecule has 1 aliphatic carbocycles. The molecule has 31 heavy (non-hydrogen) atoms. The number of rotatable bonds is 3. The Hall–Kier alpha value is -3.27. The van der Waals surface area contributed by atoms with Crippen LogP contribution in [0.2, 0.25) is 0 Å². The molecular formula is C21H19F2N3O5. The second kappa shape index (κ2) is 6.61. The number of ether oxygens (including phenoxy) is 1. The quantitative estimate of drug-likeness (QED) is 0.766. The van der Waals surface area contributed by atoms with E-state index in [9.17, 15) is 28.3 Å². The molecule has 0 unspecified atom stereocenters. The van der Waals surface area contributed by atoms with Gasteiger partial charge in [-0.3, -0.25) is 14.4 Å². The predicted octanol–water partition coefficient (Wildman–Crippen LogP) is 1.45. The number of benzene rings is 1. The average molecular weight is 431 g/mol. The highest BCUT2D eigenvalue weighted by Gasteiger charge is 2.48. The second-order valence-corrected chi connectivity index (χ2v) is 8.23. The van der Waals surface area contributed by atoms with Crippen molar-refractivity contribution < 1.29 is 28.2 Å². The van der Waals surface area contributed by atoms with Gasteiger partial charge in [0.15, 0.2) is 17.7 Å². The Kier molecular flexibility index (Phi) is 4.20. The molecule has 2 atom stereocenters. The Morgan fingerprint density at radius 1 is 1.29 bits per heavy atom. The highest BCUT2D eigenvalue weighted by atomic mass is 19.1. The number of amides is 2. The fourth-order valence-corrected chi connectivity index (χ4v) is 4.39. The molecule has 10 heteroatoms. The van der Waals surface area contributed by atoms with Gasteiger partial charge in [0.2, 0.25) is 5.43 Å². The number of aromatic nitrogens is 1. The van der Waals surface area contributed by atoms with Crippen molar-refractivity contribution >= 4 is 11.8 Å². The van der Waals surface area contributed by atoms with E-state index in [0.717, 1.165) is 12.1 Å². The Bertz CT molecular complexity index is 1190. The average Bonchev–Trinajstić information content (AvgIpc) is 3.38. The predicted molar refractivity (Wildman–Crippen MR) is 102 cm³/mol. The van der Waals surface area contributed by atoms with Crippen molar-refractivity contribution in [2.75, 3.05) is 6.61 Å². The monoisotopic (exact) mass is 431 g/mol. The first kappa shape index (κ1) is 19.7. The molecule has 1 aromatic carbocycles. The molecule has 162 valence electrons. The van der Waals surface area contributed by atoms with Crippen molar-refractivity contribution in [1.29, 1.82) is 0 Å². The summed E-state index contributed by atoms with van der Waals surface area (Å²) in [5.74, 6) is -3.69. The normalized spacial score (nSPS) is 23.3. The van der Waals surface area contributed by atoms with E-state index < -0.39 is 46.4 Å². The summed E-state index contributed by atoms with van der Waals surface area (Å²) >= 11 is 0. The molecule has 3 heterocycles. The van der Waals surface area contributed by atoms with Gasteiger partial charge in [-0.25, -0.2) is 8.78 Å². The number of hydrogen-bond donors (Lipinski definition) is 2. The van der Waals surface area contributed by atoms with Crippen LogP contribution in [0.15, 0.2) is 29.2 Å². The Balaban J connectivity index is 1.49. The Morgan fingerprint density at radius 3 is 2.71 bits per heavy atom. The zero-order chi connectivity index (χ0) is 22.1. The van der Waals surface area contributed by atoms with Gasteiger partial charge >= 0.3 is 0 Å². The maximum absolute atomic E-state index is 14.3. The standard InChI is InChI=1S/C21H19F2N3O5/c1-10-9-31-15-8-25-7-12(17(27)18(28)16(25)20(30)26(10)15)19(29)24-21(4-5-21)13-3-2-11(22)6-14(13)23/h2-3,6-7,10,15,28H,4-5,8-9H2,1H3,(H,24,29)/t10-,15+/m0/s1. The molecule has 2 aromatic rings. The number of pyridine rings is 1. The minimum Gasteiger partial charge on any atom is -0.503 e. The van der Waals surface area contributed by atoms with Crippen LogP contribution in [0.5, 0.6) is 5.75 Å². The van der Waals surface area contributed by atoms with E-state index in [-0.39, 0.29) is 29.4 Å². The molecule has 1 aromatic heterocycles. The largest absolute Gasteiger partial charge is 0.503 e. The van der Waals surface area contributed by atoms with Gasteiger partial charge in [0.05, 0.1) is 24.7 Å². The van der Waals surface area contributed by atoms with Gasteiger partial charge in [0, 0.05) is 17.8 Å². The Labute approximate surface area is 175 Å². The van der Waals surface area contributed by atoms with E-state index >= 15 is 0 Å². The van der Waals surface area contributed by atoms with Crippen molar-refractivity contribution in [3.8, 4) is 5.75 Å². The van der Waals surface area contributed by atoms with Gasteiger partial charge in [-0.05, 0) is 25.8 Å². The first-order chi connectivity index (χ1) is 14.7. The first-order valence-corrected chi connectivity index (χ1v) is 9.90. The number of halogens is 2. The van der Waals surface area contributed by atoms with Crippen molar-refractivity contribution in [2.24, 2.45) is 0 Å². The van der Waals surface area contributed by atoms with Crippen molar-refractivity contribution in [2.45, 2.75) is 44.1 Å². The number of fused-ring (bicyclic) bond motifs is 2. The maximum Gasteiger partial charge on any atom is 0.276 e. The van der Waals surface area contributed by atoms with E-state index in [1.165, 1.54) is 21.7 Å². The molecular weight excluding hydrogens is 412 g/mol. The lowest BCUT2D eigenvalue weighted by molar-refractivity contribution is 0.00624. The molecule has 1 saturated carbocycles. The molecule has 2 amide bonds. The highest BCUT2D eigenvalue weighted by Crippen LogP contribution is 2.46. The minimum atomic E-state index is -1.05. The van der Waals surface area contributed by atoms with E-state index in [1.54, 1.807) is 6.92 Å². The van der Waals surface area contributed by atoms with E-state index in [4.69, 9.17) is 4.74 Å². The molecule has 0 bridgehead atoms. The summed E-state index contributed by atoms with van der Waals surface area (Å²) in [5, 5.41) is 13.1. The summed E-state index contributed by atoms with van der Waals surface area (Å²) in [6, 6.07) is 2.90. The third-order valence-corrected chi connectivity index (χ3v) is 6.16. The lowest BCUT2D eigenvalue weighted by Gasteiger charge is -2.33. The fraction of sp³-hybridized carbons (Fsp3) is 0.381. The number of nitrogens with one attached hydrogen (secondary N) is 1. The SMILES string of the molecule is C[C@H]1CO[C@@H]2Cn3cc(C(=O)NC4(c5ccc(F)cc5F)CC4)c(=O)c(O)c3C(=O)N12. The van der Waals surface area contributed by atoms with Gasteiger partial charge in [0.1, 0.15) is 17.2 Å². The fourth-order valence-electron chi connectivity index (χ4n) is 4.39. The van der Waals surface area contributed by atoms with Gasteiger partial charge in [-0.2, -0.15) is 0 Å². The number of carbonyl (C=O) groups excluding carboxylic acids is 2. The van der Waals surface area contributed by atoms with Crippen LogP contribution in [-0.2, 0) is 16.8 Å². The second-order valence-electron chi connectivity index (χ2n) is 8.23. The van der Waals surface area contributed by atoms with E-state index in [1.807, 2.05) is 0 Å². The molecule has 2 N–H and O–H groups in total. The van der Waals surface area contributed by atoms with Gasteiger partial charge in [0.25, 0.3) is 11.8 Å². The van der Waals surface area contributed by atoms with Crippen LogP contribution < -0.4 is 10.7 Å². The number of hydrogen-bond acceptors (Lipinski definition) is 5. The minimum absolute atomic E-state index is 0.128. The van der Waals surface area contributed by atoms with E-state index in [0.29, 0.717) is 19.4 Å². The van der Waals surface area contributed by atoms with Crippen molar-refractivity contribution in [3.05, 3.63) is 63.1 Å². The van der Waals surface area contributed by atoms with Crippen LogP contribution in [0.4, 0.5) is 8.78 Å². The highest BCUT2D eigenvalue weighted by molar-refractivity contribution is 5.99. The summed E-state index contributed by atoms with van der Waals surface area (Å²) in [5.41, 5.74) is -2.47. The molecule has 3 aliphatic rings. The summed E-state index contributed by atoms with van der Waals surface area (Å²) in [4.78, 5) is 39.9. The number of carbonyl (C=O) groups is 2. The topological polar surface area (TPSA) is 101 Å². The summed E-state index contributed by atoms with van der Waals surface area (Å²) in [6.45, 7) is 2.28. The van der Waals surface area contributed by atoms with Crippen LogP contribution >= 0.6 is 0 Å². The maximum atomic E-state index is 14.3. The summed E-state index contributed by atoms with van der Waals surface area (Å²) in [6.07, 6.45) is 1.49. The summed E-state index contributed by atoms with van der Waals surface area (Å²) < 4.78 is 34.4. The van der Waals surface area contributed by atoms with Crippen LogP contribution in [-0.4, -0.2) is 45.3 Å². The lowest BCUT2D eigenvalue weighted by atomic mass is 10.0. The van der Waals surface area contributed by atoms with E-state index in [2.05, 4.69) is 5.32 Å². The zero-order valence-corrected chi connectivity index (χ0v) is 16.5. The number of nitrogens with zero attached hydrogens (tertiary/aromatic N) is 2. The van der Waals surface area contributed by atoms with Crippen molar-refractivity contribution in [1.82, 2.24) is 14.8 Å². The van der Waals surface area contributed by atoms with Gasteiger partial charge in [-0.1, -0.05) is 6.07 Å². The molecule has 0 spiro atoms. The molecule has 8 nitrogen and oxygen atoms in total. The Morgan fingerprint density at radius 2 is 2.03 bits per heavy atom. The third-order valence-electron chi connectivity index (χ3n) is 6.16. The van der Waals surface area contributed by atoms with Crippen molar-refractivity contribution in [3.63, 3.8) is 0 Å². The smallest absolute Gasteiger partial charge is 0.276 e. The molecule has 1 saturated heterocycles. The molecule has 2 aliphatic heterocycles. The lowest BCUT2D eigenvalue weighted by Crippen LogP contribution is -2.49. The third kappa shape index (κ3) is 2.93. The summed E-state index contributed by atoms with van der Waals surface area (Å²) in [7, 11) is 0. The number of aromatic hydroxyl groups is 1. The van der Waals surface area contributed by atoms with Crippen LogP contribution in [0.1, 0.15) is 46.2 Å². The molecule has 0 radical (unpaired) electrons. The van der Waals surface area contributed by atoms with Crippen LogP contribution in [0, 0.1) is 11.6 Å². The van der Waals surface area contributed by atoms with Crippen LogP contribution in [0.3, 0.4) is 0 Å². The molecule has 5 rings (SSSR count). The van der Waals surface area contributed by atoms with Gasteiger partial charge in [-0.15, -0.1) is 0 Å². The molecule has 2 fully saturated rings. The first-order valence-electron chi connectivity index (χ1n) is 9.90. The van der Waals surface area contributed by atoms with Crippen LogP contribution in [0.25, 0.3) is 0 Å². The zero-order valence-electron chi connectivity index (χ0n) is 16.5. The van der Waals surface area contributed by atoms with Gasteiger partial charge < -0.3 is 24.6 Å².